The fourth-order valence-corrected chi connectivity index (χ4v) is 2.06. The zero-order valence-electron chi connectivity index (χ0n) is 9.67. The molecule has 6 heteroatoms. The largest absolute Gasteiger partial charge is 0.399 e. The van der Waals surface area contributed by atoms with Gasteiger partial charge in [0.15, 0.2) is 0 Å². The monoisotopic (exact) mass is 260 g/mol. The van der Waals surface area contributed by atoms with E-state index in [0.29, 0.717) is 5.75 Å². The lowest BCUT2D eigenvalue weighted by Crippen LogP contribution is -2.21. The Bertz CT molecular complexity index is 401. The van der Waals surface area contributed by atoms with Crippen molar-refractivity contribution in [2.45, 2.75) is 11.3 Å². The van der Waals surface area contributed by atoms with Gasteiger partial charge in [-0.2, -0.15) is 0 Å². The van der Waals surface area contributed by atoms with Crippen LogP contribution in [-0.4, -0.2) is 30.7 Å². The van der Waals surface area contributed by atoms with Crippen molar-refractivity contribution in [2.75, 3.05) is 25.6 Å². The predicted molar refractivity (Wildman–Crippen MR) is 64.8 cm³/mol. The zero-order chi connectivity index (χ0) is 13.0. The van der Waals surface area contributed by atoms with Gasteiger partial charge in [-0.05, 0) is 12.1 Å². The van der Waals surface area contributed by atoms with Gasteiger partial charge in [0.2, 0.25) is 5.91 Å². The van der Waals surface area contributed by atoms with Crippen LogP contribution in [0.2, 0.25) is 0 Å². The molecule has 2 N–H and O–H groups in total. The first kappa shape index (κ1) is 13.8. The second-order valence-corrected chi connectivity index (χ2v) is 4.81. The second kappa shape index (κ2) is 5.86. The molecule has 0 spiro atoms. The Kier molecular flexibility index (Phi) is 4.74. The number of rotatable bonds is 4. The minimum atomic E-state index is -0.690. The number of carbonyl (C=O) groups excluding carboxylic acids is 1. The highest BCUT2D eigenvalue weighted by Crippen LogP contribution is 2.27. The zero-order valence-corrected chi connectivity index (χ0v) is 10.5. The number of benzene rings is 1. The van der Waals surface area contributed by atoms with Crippen LogP contribution in [0.25, 0.3) is 0 Å². The van der Waals surface area contributed by atoms with Gasteiger partial charge < -0.3 is 10.6 Å². The van der Waals surface area contributed by atoms with Crippen LogP contribution in [-0.2, 0) is 4.79 Å². The van der Waals surface area contributed by atoms with Crippen LogP contribution in [0.1, 0.15) is 6.42 Å². The minimum absolute atomic E-state index is 0.0497. The Balaban J connectivity index is 2.61. The van der Waals surface area contributed by atoms with Gasteiger partial charge in [0.05, 0.1) is 4.90 Å². The van der Waals surface area contributed by atoms with Crippen LogP contribution < -0.4 is 5.73 Å². The molecule has 17 heavy (non-hydrogen) atoms. The smallest absolute Gasteiger partial charge is 0.222 e. The first-order chi connectivity index (χ1) is 7.91. The molecule has 0 unspecified atom stereocenters. The van der Waals surface area contributed by atoms with Gasteiger partial charge in [0.1, 0.15) is 11.6 Å². The van der Waals surface area contributed by atoms with E-state index in [-0.39, 0.29) is 22.9 Å². The maximum atomic E-state index is 13.4. The normalized spacial score (nSPS) is 10.4. The number of thioether (sulfide) groups is 1. The highest BCUT2D eigenvalue weighted by atomic mass is 32.2. The lowest BCUT2D eigenvalue weighted by atomic mass is 10.3. The molecule has 0 aromatic heterocycles. The van der Waals surface area contributed by atoms with E-state index in [4.69, 9.17) is 5.73 Å². The van der Waals surface area contributed by atoms with Crippen LogP contribution in [0.5, 0.6) is 0 Å². The summed E-state index contributed by atoms with van der Waals surface area (Å²) in [5.41, 5.74) is 5.34. The summed E-state index contributed by atoms with van der Waals surface area (Å²) in [6, 6.07) is 2.14. The lowest BCUT2D eigenvalue weighted by Gasteiger charge is -2.10. The molecular formula is C11H14F2N2OS. The molecule has 0 heterocycles. The number of anilines is 1. The van der Waals surface area contributed by atoms with Crippen LogP contribution >= 0.6 is 11.8 Å². The van der Waals surface area contributed by atoms with E-state index in [1.807, 2.05) is 0 Å². The molecule has 0 aliphatic carbocycles. The highest BCUT2D eigenvalue weighted by Gasteiger charge is 2.12. The Labute approximate surface area is 103 Å². The summed E-state index contributed by atoms with van der Waals surface area (Å²) in [6.07, 6.45) is 0.237. The van der Waals surface area contributed by atoms with Crippen LogP contribution in [0.3, 0.4) is 0 Å². The summed E-state index contributed by atoms with van der Waals surface area (Å²) in [7, 11) is 3.27. The second-order valence-electron chi connectivity index (χ2n) is 3.70. The summed E-state index contributed by atoms with van der Waals surface area (Å²) in [5, 5.41) is 0. The molecule has 1 aromatic rings. The molecule has 1 aromatic carbocycles. The molecule has 0 saturated carbocycles. The third-order valence-corrected chi connectivity index (χ3v) is 3.17. The van der Waals surface area contributed by atoms with Crippen molar-refractivity contribution < 1.29 is 13.6 Å². The Morgan fingerprint density at radius 3 is 2.35 bits per heavy atom. The first-order valence-corrected chi connectivity index (χ1v) is 5.98. The highest BCUT2D eigenvalue weighted by molar-refractivity contribution is 7.99. The van der Waals surface area contributed by atoms with E-state index in [1.54, 1.807) is 14.1 Å². The van der Waals surface area contributed by atoms with Crippen molar-refractivity contribution in [1.29, 1.82) is 0 Å². The molecule has 0 radical (unpaired) electrons. The van der Waals surface area contributed by atoms with E-state index in [2.05, 4.69) is 0 Å². The Morgan fingerprint density at radius 2 is 1.88 bits per heavy atom. The molecule has 1 rings (SSSR count). The number of hydrogen-bond donors (Lipinski definition) is 1. The van der Waals surface area contributed by atoms with Crippen molar-refractivity contribution in [3.8, 4) is 0 Å². The molecule has 1 amide bonds. The van der Waals surface area contributed by atoms with Crippen LogP contribution in [0.4, 0.5) is 14.5 Å². The average molecular weight is 260 g/mol. The topological polar surface area (TPSA) is 46.3 Å². The van der Waals surface area contributed by atoms with Gasteiger partial charge in [-0.15, -0.1) is 11.8 Å². The number of nitrogens with two attached hydrogens (primary N) is 1. The van der Waals surface area contributed by atoms with Gasteiger partial charge in [-0.25, -0.2) is 8.78 Å². The maximum Gasteiger partial charge on any atom is 0.222 e. The summed E-state index contributed by atoms with van der Waals surface area (Å²) in [6.45, 7) is 0. The average Bonchev–Trinajstić information content (AvgIpc) is 2.21. The lowest BCUT2D eigenvalue weighted by molar-refractivity contribution is -0.128. The first-order valence-electron chi connectivity index (χ1n) is 4.99. The molecule has 0 aliphatic heterocycles. The van der Waals surface area contributed by atoms with Gasteiger partial charge in [-0.3, -0.25) is 4.79 Å². The van der Waals surface area contributed by atoms with Gasteiger partial charge in [0, 0.05) is 32.0 Å². The molecule has 0 atom stereocenters. The van der Waals surface area contributed by atoms with Crippen molar-refractivity contribution in [2.24, 2.45) is 0 Å². The molecule has 0 aliphatic rings. The van der Waals surface area contributed by atoms with E-state index in [9.17, 15) is 13.6 Å². The number of nitrogen functional groups attached to an aromatic ring is 1. The maximum absolute atomic E-state index is 13.4. The standard InChI is InChI=1S/C11H14F2N2OS/c1-15(2)10(16)3-4-17-11-8(12)5-7(14)6-9(11)13/h5-6H,3-4,14H2,1-2H3. The number of hydrogen-bond acceptors (Lipinski definition) is 3. The Hall–Kier alpha value is -1.30. The molecule has 0 bridgehead atoms. The molecule has 94 valence electrons. The van der Waals surface area contributed by atoms with E-state index < -0.39 is 11.6 Å². The molecule has 0 fully saturated rings. The van der Waals surface area contributed by atoms with Gasteiger partial charge in [-0.1, -0.05) is 0 Å². The summed E-state index contributed by atoms with van der Waals surface area (Å²) >= 11 is 0.975. The van der Waals surface area contributed by atoms with Crippen molar-refractivity contribution in [3.63, 3.8) is 0 Å². The fourth-order valence-electron chi connectivity index (χ4n) is 1.18. The quantitative estimate of drug-likeness (QED) is 0.666. The SMILES string of the molecule is CN(C)C(=O)CCSc1c(F)cc(N)cc1F. The summed E-state index contributed by atoms with van der Waals surface area (Å²) < 4.78 is 26.7. The van der Waals surface area contributed by atoms with E-state index in [0.717, 1.165) is 23.9 Å². The summed E-state index contributed by atoms with van der Waals surface area (Å²) in [4.78, 5) is 12.6. The number of nitrogens with zero attached hydrogens (tertiary/aromatic N) is 1. The molecule has 0 saturated heterocycles. The van der Waals surface area contributed by atoms with E-state index in [1.165, 1.54) is 4.90 Å². The van der Waals surface area contributed by atoms with Gasteiger partial charge in [0.25, 0.3) is 0 Å². The fraction of sp³-hybridized carbons (Fsp3) is 0.364. The van der Waals surface area contributed by atoms with Crippen LogP contribution in [0, 0.1) is 11.6 Å². The van der Waals surface area contributed by atoms with Crippen molar-refractivity contribution >= 4 is 23.4 Å². The minimum Gasteiger partial charge on any atom is -0.399 e. The summed E-state index contributed by atoms with van der Waals surface area (Å²) in [5.74, 6) is -1.13. The van der Waals surface area contributed by atoms with Gasteiger partial charge >= 0.3 is 0 Å². The number of amides is 1. The number of carbonyl (C=O) groups is 1. The van der Waals surface area contributed by atoms with E-state index >= 15 is 0 Å². The van der Waals surface area contributed by atoms with Crippen molar-refractivity contribution in [3.05, 3.63) is 23.8 Å². The predicted octanol–water partition coefficient (Wildman–Crippen LogP) is 2.12. The third-order valence-electron chi connectivity index (χ3n) is 2.08. The third kappa shape index (κ3) is 3.89. The van der Waals surface area contributed by atoms with Crippen molar-refractivity contribution in [1.82, 2.24) is 4.90 Å². The van der Waals surface area contributed by atoms with Crippen LogP contribution in [0.15, 0.2) is 17.0 Å². The Morgan fingerprint density at radius 1 is 1.35 bits per heavy atom. The molecule has 3 nitrogen and oxygen atoms in total. The molecular weight excluding hydrogens is 246 g/mol. The number of halogens is 2.